The van der Waals surface area contributed by atoms with Crippen LogP contribution in [-0.4, -0.2) is 39.2 Å². The summed E-state index contributed by atoms with van der Waals surface area (Å²) in [5.74, 6) is -0.455. The number of nitrogens with one attached hydrogen (secondary N) is 2. The van der Waals surface area contributed by atoms with E-state index < -0.39 is 21.7 Å². The maximum Gasteiger partial charge on any atom is 0.269 e. The SMILES string of the molecule is O=C(CCS(=O)(=O)c1ccc2c(c1)CCC2)NNC(=O)c1ccc2c(c1)OCCO2. The molecule has 1 aliphatic heterocycles. The first kappa shape index (κ1) is 20.2. The molecule has 30 heavy (non-hydrogen) atoms. The van der Waals surface area contributed by atoms with Crippen molar-refractivity contribution < 1.29 is 27.5 Å². The minimum atomic E-state index is -3.58. The molecule has 8 nitrogen and oxygen atoms in total. The lowest BCUT2D eigenvalue weighted by Gasteiger charge is -2.18. The fourth-order valence-electron chi connectivity index (χ4n) is 3.53. The zero-order valence-corrected chi connectivity index (χ0v) is 17.1. The maximum atomic E-state index is 12.5. The van der Waals surface area contributed by atoms with Crippen LogP contribution in [0.15, 0.2) is 41.3 Å². The zero-order chi connectivity index (χ0) is 21.1. The summed E-state index contributed by atoms with van der Waals surface area (Å²) in [5.41, 5.74) is 7.07. The zero-order valence-electron chi connectivity index (χ0n) is 16.3. The number of fused-ring (bicyclic) bond motifs is 2. The number of rotatable bonds is 5. The van der Waals surface area contributed by atoms with Crippen LogP contribution in [-0.2, 0) is 27.5 Å². The summed E-state index contributed by atoms with van der Waals surface area (Å²) in [6.07, 6.45) is 2.62. The average Bonchev–Trinajstić information content (AvgIpc) is 3.23. The Balaban J connectivity index is 1.30. The van der Waals surface area contributed by atoms with Crippen molar-refractivity contribution in [2.45, 2.75) is 30.6 Å². The summed E-state index contributed by atoms with van der Waals surface area (Å²) in [7, 11) is -3.58. The molecular weight excluding hydrogens is 408 g/mol. The van der Waals surface area contributed by atoms with Crippen LogP contribution in [0.4, 0.5) is 0 Å². The second-order valence-corrected chi connectivity index (χ2v) is 9.32. The van der Waals surface area contributed by atoms with Crippen molar-refractivity contribution in [2.75, 3.05) is 19.0 Å². The number of amides is 2. The molecule has 0 fully saturated rings. The molecular formula is C21H22N2O6S. The molecule has 9 heteroatoms. The number of hydrogen-bond acceptors (Lipinski definition) is 6. The second-order valence-electron chi connectivity index (χ2n) is 7.21. The van der Waals surface area contributed by atoms with Crippen LogP contribution in [0.5, 0.6) is 11.5 Å². The van der Waals surface area contributed by atoms with Gasteiger partial charge in [-0.3, -0.25) is 20.4 Å². The smallest absolute Gasteiger partial charge is 0.269 e. The molecule has 2 aliphatic rings. The Hall–Kier alpha value is -3.07. The van der Waals surface area contributed by atoms with Crippen LogP contribution in [0.3, 0.4) is 0 Å². The van der Waals surface area contributed by atoms with Crippen LogP contribution >= 0.6 is 0 Å². The van der Waals surface area contributed by atoms with Crippen molar-refractivity contribution >= 4 is 21.7 Å². The second kappa shape index (κ2) is 8.35. The van der Waals surface area contributed by atoms with Crippen molar-refractivity contribution in [3.8, 4) is 11.5 Å². The molecule has 0 spiro atoms. The van der Waals surface area contributed by atoms with E-state index in [9.17, 15) is 18.0 Å². The molecule has 0 aromatic heterocycles. The van der Waals surface area contributed by atoms with Crippen LogP contribution in [0.1, 0.15) is 34.3 Å². The molecule has 4 rings (SSSR count). The molecule has 2 N–H and O–H groups in total. The summed E-state index contributed by atoms with van der Waals surface area (Å²) in [4.78, 5) is 24.5. The summed E-state index contributed by atoms with van der Waals surface area (Å²) in [5, 5.41) is 0. The van der Waals surface area contributed by atoms with E-state index in [0.717, 1.165) is 24.8 Å². The van der Waals surface area contributed by atoms with Crippen molar-refractivity contribution in [1.29, 1.82) is 0 Å². The van der Waals surface area contributed by atoms with Gasteiger partial charge in [-0.25, -0.2) is 8.42 Å². The lowest BCUT2D eigenvalue weighted by Crippen LogP contribution is -2.42. The van der Waals surface area contributed by atoms with Gasteiger partial charge in [0.25, 0.3) is 5.91 Å². The molecule has 1 aliphatic carbocycles. The van der Waals surface area contributed by atoms with Gasteiger partial charge in [0.1, 0.15) is 13.2 Å². The fraction of sp³-hybridized carbons (Fsp3) is 0.333. The number of aryl methyl sites for hydroxylation is 2. The molecule has 2 aromatic carbocycles. The Labute approximate surface area is 174 Å². The molecule has 0 saturated heterocycles. The number of hydrogen-bond donors (Lipinski definition) is 2. The largest absolute Gasteiger partial charge is 0.486 e. The van der Waals surface area contributed by atoms with Gasteiger partial charge in [0.15, 0.2) is 21.3 Å². The third kappa shape index (κ3) is 4.40. The molecule has 0 bridgehead atoms. The first-order chi connectivity index (χ1) is 14.4. The average molecular weight is 430 g/mol. The van der Waals surface area contributed by atoms with Gasteiger partial charge in [-0.1, -0.05) is 6.07 Å². The summed E-state index contributed by atoms with van der Waals surface area (Å²) in [6, 6.07) is 9.85. The number of carbonyl (C=O) groups excluding carboxylic acids is 2. The number of ether oxygens (including phenoxy) is 2. The summed E-state index contributed by atoms with van der Waals surface area (Å²) in [6.45, 7) is 0.844. The number of carbonyl (C=O) groups is 2. The Morgan fingerprint density at radius 3 is 2.50 bits per heavy atom. The van der Waals surface area contributed by atoms with Crippen LogP contribution in [0, 0.1) is 0 Å². The number of sulfone groups is 1. The number of benzene rings is 2. The Kier molecular flexibility index (Phi) is 5.63. The summed E-state index contributed by atoms with van der Waals surface area (Å²) < 4.78 is 35.9. The van der Waals surface area contributed by atoms with E-state index in [1.807, 2.05) is 6.07 Å². The molecule has 2 amide bonds. The van der Waals surface area contributed by atoms with Crippen molar-refractivity contribution in [3.05, 3.63) is 53.1 Å². The minimum absolute atomic E-state index is 0.233. The molecule has 0 saturated carbocycles. The Morgan fingerprint density at radius 2 is 1.67 bits per heavy atom. The highest BCUT2D eigenvalue weighted by molar-refractivity contribution is 7.91. The third-order valence-corrected chi connectivity index (χ3v) is 6.86. The van der Waals surface area contributed by atoms with E-state index in [1.165, 1.54) is 11.6 Å². The lowest BCUT2D eigenvalue weighted by molar-refractivity contribution is -0.121. The van der Waals surface area contributed by atoms with E-state index in [-0.39, 0.29) is 22.6 Å². The van der Waals surface area contributed by atoms with Crippen molar-refractivity contribution in [3.63, 3.8) is 0 Å². The van der Waals surface area contributed by atoms with Gasteiger partial charge in [-0.15, -0.1) is 0 Å². The van der Waals surface area contributed by atoms with Gasteiger partial charge in [-0.2, -0.15) is 0 Å². The molecule has 0 unspecified atom stereocenters. The lowest BCUT2D eigenvalue weighted by atomic mass is 10.1. The number of hydrazine groups is 1. The molecule has 2 aromatic rings. The van der Waals surface area contributed by atoms with Gasteiger partial charge in [-0.05, 0) is 60.7 Å². The quantitative estimate of drug-likeness (QED) is 0.697. The van der Waals surface area contributed by atoms with Gasteiger partial charge >= 0.3 is 0 Å². The predicted molar refractivity (Wildman–Crippen MR) is 108 cm³/mol. The molecule has 158 valence electrons. The topological polar surface area (TPSA) is 111 Å². The van der Waals surface area contributed by atoms with E-state index in [0.29, 0.717) is 24.7 Å². The van der Waals surface area contributed by atoms with Gasteiger partial charge in [0.05, 0.1) is 10.6 Å². The van der Waals surface area contributed by atoms with E-state index in [1.54, 1.807) is 24.3 Å². The highest BCUT2D eigenvalue weighted by Crippen LogP contribution is 2.30. The fourth-order valence-corrected chi connectivity index (χ4v) is 4.82. The minimum Gasteiger partial charge on any atom is -0.486 e. The van der Waals surface area contributed by atoms with E-state index in [4.69, 9.17) is 9.47 Å². The summed E-state index contributed by atoms with van der Waals surface area (Å²) >= 11 is 0. The molecule has 0 atom stereocenters. The van der Waals surface area contributed by atoms with Crippen LogP contribution < -0.4 is 20.3 Å². The Bertz CT molecular complexity index is 1100. The predicted octanol–water partition coefficient (Wildman–Crippen LogP) is 1.57. The van der Waals surface area contributed by atoms with Gasteiger partial charge in [0, 0.05) is 12.0 Å². The molecule has 0 radical (unpaired) electrons. The van der Waals surface area contributed by atoms with Crippen molar-refractivity contribution in [1.82, 2.24) is 10.9 Å². The standard InChI is InChI=1S/C21H22N2O6S/c24-20(8-11-30(26,27)17-6-4-14-2-1-3-15(14)12-17)22-23-21(25)16-5-7-18-19(13-16)29-10-9-28-18/h4-7,12-13H,1-3,8-11H2,(H,22,24)(H,23,25). The van der Waals surface area contributed by atoms with Gasteiger partial charge in [0.2, 0.25) is 5.91 Å². The third-order valence-electron chi connectivity index (χ3n) is 5.15. The molecule has 1 heterocycles. The highest BCUT2D eigenvalue weighted by atomic mass is 32.2. The van der Waals surface area contributed by atoms with Gasteiger partial charge < -0.3 is 9.47 Å². The normalized spacial score (nSPS) is 14.7. The highest BCUT2D eigenvalue weighted by Gasteiger charge is 2.20. The van der Waals surface area contributed by atoms with Crippen molar-refractivity contribution in [2.24, 2.45) is 0 Å². The van der Waals surface area contributed by atoms with Crippen LogP contribution in [0.25, 0.3) is 0 Å². The van der Waals surface area contributed by atoms with Crippen LogP contribution in [0.2, 0.25) is 0 Å². The Morgan fingerprint density at radius 1 is 0.900 bits per heavy atom. The monoisotopic (exact) mass is 430 g/mol. The first-order valence-corrected chi connectivity index (χ1v) is 11.4. The van der Waals surface area contributed by atoms with E-state index in [2.05, 4.69) is 10.9 Å². The maximum absolute atomic E-state index is 12.5. The van der Waals surface area contributed by atoms with E-state index >= 15 is 0 Å². The first-order valence-electron chi connectivity index (χ1n) is 9.76.